The number of hydrogen-bond donors (Lipinski definition) is 0. The second kappa shape index (κ2) is 6.81. The number of ether oxygens (including phenoxy) is 1. The van der Waals surface area contributed by atoms with Gasteiger partial charge in [0.1, 0.15) is 5.52 Å². The van der Waals surface area contributed by atoms with E-state index in [4.69, 9.17) is 16.3 Å². The van der Waals surface area contributed by atoms with Gasteiger partial charge >= 0.3 is 5.97 Å². The normalized spacial score (nSPS) is 10.6. The number of halogens is 1. The Balaban J connectivity index is 1.67. The van der Waals surface area contributed by atoms with E-state index in [2.05, 4.69) is 4.98 Å². The molecule has 3 nitrogen and oxygen atoms in total. The maximum atomic E-state index is 12.0. The maximum Gasteiger partial charge on any atom is 0.321 e. The Labute approximate surface area is 137 Å². The number of thioether (sulfide) groups is 1. The number of fused-ring (bicyclic) bond motifs is 1. The molecule has 1 heterocycles. The lowest BCUT2D eigenvalue weighted by molar-refractivity contribution is -0.131. The Bertz CT molecular complexity index is 800. The summed E-state index contributed by atoms with van der Waals surface area (Å²) in [7, 11) is 0. The van der Waals surface area contributed by atoms with Crippen molar-refractivity contribution in [3.63, 3.8) is 0 Å². The molecule has 0 saturated carbocycles. The number of pyridine rings is 1. The molecule has 0 aliphatic heterocycles. The lowest BCUT2D eigenvalue weighted by atomic mass is 10.2. The van der Waals surface area contributed by atoms with Crippen molar-refractivity contribution in [1.82, 2.24) is 4.98 Å². The molecule has 0 aliphatic carbocycles. The van der Waals surface area contributed by atoms with E-state index in [9.17, 15) is 4.79 Å². The number of carbonyl (C=O) groups excluding carboxylic acids is 1. The van der Waals surface area contributed by atoms with Crippen LogP contribution in [0.2, 0.25) is 5.02 Å². The number of carbonyl (C=O) groups is 1. The lowest BCUT2D eigenvalue weighted by Crippen LogP contribution is -2.11. The van der Waals surface area contributed by atoms with E-state index in [0.717, 1.165) is 10.3 Å². The highest BCUT2D eigenvalue weighted by Crippen LogP contribution is 2.24. The molecule has 0 spiro atoms. The summed E-state index contributed by atoms with van der Waals surface area (Å²) in [4.78, 5) is 17.2. The average Bonchev–Trinajstić information content (AvgIpc) is 2.55. The second-order valence-electron chi connectivity index (χ2n) is 4.55. The van der Waals surface area contributed by atoms with Gasteiger partial charge in [0.05, 0.1) is 5.75 Å². The molecule has 2 aromatic carbocycles. The molecule has 0 saturated heterocycles. The molecule has 5 heteroatoms. The molecule has 0 atom stereocenters. The number of para-hydroxylation sites is 1. The minimum atomic E-state index is -0.307. The van der Waals surface area contributed by atoms with Gasteiger partial charge in [-0.2, -0.15) is 0 Å². The first kappa shape index (κ1) is 14.9. The second-order valence-corrected chi connectivity index (χ2v) is 6.03. The van der Waals surface area contributed by atoms with Crippen molar-refractivity contribution in [3.05, 3.63) is 65.8 Å². The first-order chi connectivity index (χ1) is 10.7. The predicted octanol–water partition coefficient (Wildman–Crippen LogP) is 4.59. The van der Waals surface area contributed by atoms with Gasteiger partial charge in [0.25, 0.3) is 0 Å². The van der Waals surface area contributed by atoms with Crippen molar-refractivity contribution in [2.75, 3.05) is 5.75 Å². The molecule has 0 N–H and O–H groups in total. The highest BCUT2D eigenvalue weighted by Gasteiger charge is 2.09. The SMILES string of the molecule is O=C(CSc1ccc(Cl)cc1)Oc1cccc2cccnc12. The molecule has 110 valence electrons. The van der Waals surface area contributed by atoms with E-state index in [-0.39, 0.29) is 11.7 Å². The Hall–Kier alpha value is -2.04. The third-order valence-corrected chi connectivity index (χ3v) is 4.23. The summed E-state index contributed by atoms with van der Waals surface area (Å²) in [6, 6.07) is 16.7. The highest BCUT2D eigenvalue weighted by atomic mass is 35.5. The largest absolute Gasteiger partial charge is 0.424 e. The van der Waals surface area contributed by atoms with Crippen molar-refractivity contribution >= 4 is 40.2 Å². The maximum absolute atomic E-state index is 12.0. The van der Waals surface area contributed by atoms with Gasteiger partial charge in [0.15, 0.2) is 5.75 Å². The summed E-state index contributed by atoms with van der Waals surface area (Å²) >= 11 is 7.24. The summed E-state index contributed by atoms with van der Waals surface area (Å²) in [5.41, 5.74) is 0.690. The minimum absolute atomic E-state index is 0.227. The quantitative estimate of drug-likeness (QED) is 0.399. The smallest absolute Gasteiger partial charge is 0.321 e. The van der Waals surface area contributed by atoms with Gasteiger partial charge in [-0.15, -0.1) is 11.8 Å². The van der Waals surface area contributed by atoms with Gasteiger partial charge in [-0.05, 0) is 36.4 Å². The molecule has 0 radical (unpaired) electrons. The van der Waals surface area contributed by atoms with E-state index in [1.807, 2.05) is 36.4 Å². The molecule has 0 bridgehead atoms. The molecule has 0 amide bonds. The number of nitrogens with zero attached hydrogens (tertiary/aromatic N) is 1. The van der Waals surface area contributed by atoms with Gasteiger partial charge in [0, 0.05) is 21.5 Å². The number of aromatic nitrogens is 1. The molecule has 22 heavy (non-hydrogen) atoms. The Morgan fingerprint density at radius 3 is 2.68 bits per heavy atom. The fraction of sp³-hybridized carbons (Fsp3) is 0.0588. The van der Waals surface area contributed by atoms with E-state index < -0.39 is 0 Å². The Morgan fingerprint density at radius 2 is 1.86 bits per heavy atom. The van der Waals surface area contributed by atoms with Crippen LogP contribution in [0.3, 0.4) is 0 Å². The Morgan fingerprint density at radius 1 is 1.09 bits per heavy atom. The van der Waals surface area contributed by atoms with Gasteiger partial charge in [-0.25, -0.2) is 0 Å². The summed E-state index contributed by atoms with van der Waals surface area (Å²) in [5, 5.41) is 1.62. The van der Waals surface area contributed by atoms with Crippen molar-refractivity contribution in [3.8, 4) is 5.75 Å². The number of esters is 1. The predicted molar refractivity (Wildman–Crippen MR) is 89.6 cm³/mol. The Kier molecular flexibility index (Phi) is 4.61. The van der Waals surface area contributed by atoms with Gasteiger partial charge in [0.2, 0.25) is 0 Å². The molecular formula is C17H12ClNO2S. The van der Waals surface area contributed by atoms with Crippen LogP contribution < -0.4 is 4.74 Å². The summed E-state index contributed by atoms with van der Waals surface area (Å²) in [6.45, 7) is 0. The minimum Gasteiger partial charge on any atom is -0.424 e. The van der Waals surface area contributed by atoms with Gasteiger partial charge in [-0.3, -0.25) is 9.78 Å². The van der Waals surface area contributed by atoms with Crippen LogP contribution in [0.4, 0.5) is 0 Å². The van der Waals surface area contributed by atoms with Crippen molar-refractivity contribution in [2.45, 2.75) is 4.90 Å². The molecule has 0 aliphatic rings. The lowest BCUT2D eigenvalue weighted by Gasteiger charge is -2.07. The zero-order valence-electron chi connectivity index (χ0n) is 11.5. The van der Waals surface area contributed by atoms with E-state index in [1.165, 1.54) is 11.8 Å². The first-order valence-corrected chi connectivity index (χ1v) is 8.01. The topological polar surface area (TPSA) is 39.2 Å². The molecule has 3 rings (SSSR count). The zero-order valence-corrected chi connectivity index (χ0v) is 13.1. The average molecular weight is 330 g/mol. The van der Waals surface area contributed by atoms with Crippen molar-refractivity contribution < 1.29 is 9.53 Å². The monoisotopic (exact) mass is 329 g/mol. The standard InChI is InChI=1S/C17H12ClNO2S/c18-13-6-8-14(9-7-13)22-11-16(20)21-15-5-1-3-12-4-2-10-19-17(12)15/h1-10H,11H2. The van der Waals surface area contributed by atoms with Crippen LogP contribution in [0.5, 0.6) is 5.75 Å². The molecule has 0 unspecified atom stereocenters. The van der Waals surface area contributed by atoms with Crippen LogP contribution in [0.15, 0.2) is 65.7 Å². The van der Waals surface area contributed by atoms with Crippen LogP contribution in [-0.2, 0) is 4.79 Å². The van der Waals surface area contributed by atoms with Gasteiger partial charge < -0.3 is 4.74 Å². The van der Waals surface area contributed by atoms with Crippen molar-refractivity contribution in [1.29, 1.82) is 0 Å². The van der Waals surface area contributed by atoms with Crippen LogP contribution in [0.25, 0.3) is 10.9 Å². The molecule has 0 fully saturated rings. The molecule has 3 aromatic rings. The van der Waals surface area contributed by atoms with Crippen LogP contribution >= 0.6 is 23.4 Å². The van der Waals surface area contributed by atoms with Crippen LogP contribution in [-0.4, -0.2) is 16.7 Å². The summed E-state index contributed by atoms with van der Waals surface area (Å²) in [5.74, 6) is 0.406. The first-order valence-electron chi connectivity index (χ1n) is 6.65. The summed E-state index contributed by atoms with van der Waals surface area (Å²) < 4.78 is 5.42. The van der Waals surface area contributed by atoms with Crippen LogP contribution in [0.1, 0.15) is 0 Å². The van der Waals surface area contributed by atoms with Crippen LogP contribution in [0, 0.1) is 0 Å². The zero-order chi connectivity index (χ0) is 15.4. The highest BCUT2D eigenvalue weighted by molar-refractivity contribution is 8.00. The third-order valence-electron chi connectivity index (χ3n) is 2.99. The fourth-order valence-corrected chi connectivity index (χ4v) is 2.78. The van der Waals surface area contributed by atoms with Crippen molar-refractivity contribution in [2.24, 2.45) is 0 Å². The number of benzene rings is 2. The van der Waals surface area contributed by atoms with Gasteiger partial charge in [-0.1, -0.05) is 29.8 Å². The number of hydrogen-bond acceptors (Lipinski definition) is 4. The fourth-order valence-electron chi connectivity index (χ4n) is 1.98. The molecular weight excluding hydrogens is 318 g/mol. The number of rotatable bonds is 4. The summed E-state index contributed by atoms with van der Waals surface area (Å²) in [6.07, 6.45) is 1.68. The third kappa shape index (κ3) is 3.59. The molecule has 1 aromatic heterocycles. The van der Waals surface area contributed by atoms with E-state index >= 15 is 0 Å². The van der Waals surface area contributed by atoms with E-state index in [0.29, 0.717) is 16.3 Å². The van der Waals surface area contributed by atoms with E-state index in [1.54, 1.807) is 24.4 Å².